The van der Waals surface area contributed by atoms with Gasteiger partial charge in [-0.2, -0.15) is 0 Å². The first-order valence-electron chi connectivity index (χ1n) is 9.20. The van der Waals surface area contributed by atoms with Gasteiger partial charge in [-0.15, -0.1) is 10.2 Å². The summed E-state index contributed by atoms with van der Waals surface area (Å²) in [5.74, 6) is -0.562. The molecule has 29 heavy (non-hydrogen) atoms. The minimum atomic E-state index is -0.639. The standard InChI is InChI=1S/C21H18F2N4O2/c22-15-5-4-14(11-18(15)29-13-28)17-6-7-19(27-26-17)25-12-21(8-2-9-21)20-16(23)3-1-10-24-20/h1,3-7,10-11,13H,2,8-9,12H2,(H,25,27). The maximum absolute atomic E-state index is 14.2. The van der Waals surface area contributed by atoms with E-state index in [-0.39, 0.29) is 23.5 Å². The van der Waals surface area contributed by atoms with Crippen molar-refractivity contribution in [1.82, 2.24) is 15.2 Å². The number of hydrogen-bond acceptors (Lipinski definition) is 6. The van der Waals surface area contributed by atoms with Crippen LogP contribution < -0.4 is 10.1 Å². The van der Waals surface area contributed by atoms with Gasteiger partial charge >= 0.3 is 0 Å². The highest BCUT2D eigenvalue weighted by atomic mass is 19.1. The maximum Gasteiger partial charge on any atom is 0.298 e. The molecule has 1 aromatic carbocycles. The molecule has 1 aliphatic carbocycles. The molecule has 0 aliphatic heterocycles. The fraction of sp³-hybridized carbons (Fsp3) is 0.238. The predicted molar refractivity (Wildman–Crippen MR) is 102 cm³/mol. The van der Waals surface area contributed by atoms with Gasteiger partial charge < -0.3 is 10.1 Å². The van der Waals surface area contributed by atoms with Crippen LogP contribution in [0.25, 0.3) is 11.3 Å². The van der Waals surface area contributed by atoms with E-state index in [1.807, 2.05) is 0 Å². The summed E-state index contributed by atoms with van der Waals surface area (Å²) in [6.45, 7) is 0.671. The Bertz CT molecular complexity index is 1020. The molecule has 0 spiro atoms. The minimum Gasteiger partial charge on any atom is -0.426 e. The Balaban J connectivity index is 1.48. The van der Waals surface area contributed by atoms with E-state index < -0.39 is 5.82 Å². The molecular formula is C21H18F2N4O2. The molecule has 6 nitrogen and oxygen atoms in total. The van der Waals surface area contributed by atoms with Gasteiger partial charge in [-0.3, -0.25) is 9.78 Å². The number of carbonyl (C=O) groups excluding carboxylic acids is 1. The van der Waals surface area contributed by atoms with E-state index in [4.69, 9.17) is 0 Å². The van der Waals surface area contributed by atoms with Crippen LogP contribution in [0.15, 0.2) is 48.7 Å². The Kier molecular flexibility index (Phi) is 5.16. The average Bonchev–Trinajstić information content (AvgIpc) is 2.71. The lowest BCUT2D eigenvalue weighted by Gasteiger charge is -2.41. The topological polar surface area (TPSA) is 77.0 Å². The summed E-state index contributed by atoms with van der Waals surface area (Å²) in [5.41, 5.74) is 1.20. The Morgan fingerprint density at radius 2 is 1.97 bits per heavy atom. The molecule has 0 saturated heterocycles. The van der Waals surface area contributed by atoms with Gasteiger partial charge in [0.25, 0.3) is 6.47 Å². The highest BCUT2D eigenvalue weighted by Crippen LogP contribution is 2.43. The van der Waals surface area contributed by atoms with Crippen molar-refractivity contribution in [3.05, 3.63) is 66.0 Å². The summed E-state index contributed by atoms with van der Waals surface area (Å²) in [5, 5.41) is 11.5. The van der Waals surface area contributed by atoms with Gasteiger partial charge in [0.05, 0.1) is 11.4 Å². The van der Waals surface area contributed by atoms with Gasteiger partial charge in [0.1, 0.15) is 11.6 Å². The monoisotopic (exact) mass is 396 g/mol. The molecule has 4 rings (SSSR count). The number of nitrogens with one attached hydrogen (secondary N) is 1. The normalized spacial score (nSPS) is 14.7. The van der Waals surface area contributed by atoms with Crippen molar-refractivity contribution >= 4 is 12.3 Å². The molecule has 1 N–H and O–H groups in total. The smallest absolute Gasteiger partial charge is 0.298 e. The average molecular weight is 396 g/mol. The highest BCUT2D eigenvalue weighted by Gasteiger charge is 2.41. The van der Waals surface area contributed by atoms with Crippen molar-refractivity contribution in [2.45, 2.75) is 24.7 Å². The van der Waals surface area contributed by atoms with E-state index >= 15 is 0 Å². The molecule has 2 aromatic heterocycles. The molecule has 8 heteroatoms. The van der Waals surface area contributed by atoms with Crippen molar-refractivity contribution < 1.29 is 18.3 Å². The van der Waals surface area contributed by atoms with Crippen molar-refractivity contribution in [1.29, 1.82) is 0 Å². The number of halogens is 2. The fourth-order valence-electron chi connectivity index (χ4n) is 3.52. The molecule has 0 unspecified atom stereocenters. The zero-order valence-corrected chi connectivity index (χ0v) is 15.4. The van der Waals surface area contributed by atoms with Crippen LogP contribution >= 0.6 is 0 Å². The quantitative estimate of drug-likeness (QED) is 0.611. The zero-order chi connectivity index (χ0) is 20.3. The van der Waals surface area contributed by atoms with E-state index in [0.717, 1.165) is 19.3 Å². The molecular weight excluding hydrogens is 378 g/mol. The third-order valence-electron chi connectivity index (χ3n) is 5.25. The molecule has 3 aromatic rings. The van der Waals surface area contributed by atoms with Crippen LogP contribution in [0, 0.1) is 11.6 Å². The Morgan fingerprint density at radius 3 is 2.62 bits per heavy atom. The third-order valence-corrected chi connectivity index (χ3v) is 5.25. The minimum absolute atomic E-state index is 0.168. The number of pyridine rings is 1. The Morgan fingerprint density at radius 1 is 1.10 bits per heavy atom. The van der Waals surface area contributed by atoms with Crippen LogP contribution in [0.3, 0.4) is 0 Å². The van der Waals surface area contributed by atoms with Gasteiger partial charge in [0, 0.05) is 23.7 Å². The first-order chi connectivity index (χ1) is 14.1. The number of carbonyl (C=O) groups is 1. The van der Waals surface area contributed by atoms with Gasteiger partial charge in [0.15, 0.2) is 11.6 Å². The van der Waals surface area contributed by atoms with Crippen molar-refractivity contribution in [3.63, 3.8) is 0 Å². The molecule has 1 aliphatic rings. The predicted octanol–water partition coefficient (Wildman–Crippen LogP) is 3.89. The first-order valence-corrected chi connectivity index (χ1v) is 9.20. The summed E-state index contributed by atoms with van der Waals surface area (Å²) in [4.78, 5) is 14.7. The van der Waals surface area contributed by atoms with Crippen LogP contribution in [-0.2, 0) is 10.2 Å². The van der Waals surface area contributed by atoms with Gasteiger partial charge in [0.2, 0.25) is 0 Å². The molecule has 0 atom stereocenters. The van der Waals surface area contributed by atoms with E-state index in [1.165, 1.54) is 24.3 Å². The molecule has 2 heterocycles. The fourth-order valence-corrected chi connectivity index (χ4v) is 3.52. The van der Waals surface area contributed by atoms with E-state index in [9.17, 15) is 13.6 Å². The largest absolute Gasteiger partial charge is 0.426 e. The second-order valence-electron chi connectivity index (χ2n) is 6.98. The van der Waals surface area contributed by atoms with Crippen LogP contribution in [0.5, 0.6) is 5.75 Å². The number of nitrogens with zero attached hydrogens (tertiary/aromatic N) is 3. The molecule has 148 valence electrons. The second-order valence-corrected chi connectivity index (χ2v) is 6.98. The van der Waals surface area contributed by atoms with Gasteiger partial charge in [-0.05, 0) is 55.3 Å². The van der Waals surface area contributed by atoms with E-state index in [0.29, 0.717) is 29.3 Å². The Labute approximate surface area is 166 Å². The van der Waals surface area contributed by atoms with Crippen LogP contribution in [0.2, 0.25) is 0 Å². The molecule has 0 bridgehead atoms. The Hall–Kier alpha value is -3.42. The summed E-state index contributed by atoms with van der Waals surface area (Å²) in [6.07, 6.45) is 4.35. The lowest BCUT2D eigenvalue weighted by molar-refractivity contribution is -0.120. The molecule has 0 radical (unpaired) electrons. The SMILES string of the molecule is O=COc1cc(-c2ccc(NCC3(c4ncccc4F)CCC3)nn2)ccc1F. The van der Waals surface area contributed by atoms with Crippen LogP contribution in [0.4, 0.5) is 14.6 Å². The molecule has 1 saturated carbocycles. The van der Waals surface area contributed by atoms with Crippen molar-refractivity contribution in [2.24, 2.45) is 0 Å². The zero-order valence-electron chi connectivity index (χ0n) is 15.4. The van der Waals surface area contributed by atoms with Gasteiger partial charge in [-0.1, -0.05) is 6.42 Å². The van der Waals surface area contributed by atoms with Crippen LogP contribution in [0.1, 0.15) is 25.0 Å². The third kappa shape index (κ3) is 3.78. The van der Waals surface area contributed by atoms with Crippen molar-refractivity contribution in [3.8, 4) is 17.0 Å². The van der Waals surface area contributed by atoms with E-state index in [2.05, 4.69) is 25.2 Å². The number of hydrogen-bond donors (Lipinski definition) is 1. The lowest BCUT2D eigenvalue weighted by Crippen LogP contribution is -2.42. The van der Waals surface area contributed by atoms with Crippen LogP contribution in [-0.4, -0.2) is 28.2 Å². The van der Waals surface area contributed by atoms with E-state index in [1.54, 1.807) is 24.4 Å². The first kappa shape index (κ1) is 18.9. The van der Waals surface area contributed by atoms with Crippen molar-refractivity contribution in [2.75, 3.05) is 11.9 Å². The summed E-state index contributed by atoms with van der Waals surface area (Å²) in [6, 6.07) is 10.6. The number of anilines is 1. The number of benzene rings is 1. The second kappa shape index (κ2) is 7.90. The number of aromatic nitrogens is 3. The molecule has 0 amide bonds. The summed E-state index contributed by atoms with van der Waals surface area (Å²) >= 11 is 0. The molecule has 1 fully saturated rings. The number of ether oxygens (including phenoxy) is 1. The summed E-state index contributed by atoms with van der Waals surface area (Å²) < 4.78 is 32.4. The maximum atomic E-state index is 14.2. The summed E-state index contributed by atoms with van der Waals surface area (Å²) in [7, 11) is 0. The number of rotatable bonds is 7. The lowest BCUT2D eigenvalue weighted by atomic mass is 9.66. The van der Waals surface area contributed by atoms with Gasteiger partial charge in [-0.25, -0.2) is 8.78 Å². The highest BCUT2D eigenvalue weighted by molar-refractivity contribution is 5.63.